The van der Waals surface area contributed by atoms with Gasteiger partial charge in [-0.15, -0.1) is 0 Å². The number of hydrogen-bond donors (Lipinski definition) is 0. The molecule has 0 aromatic heterocycles. The molecule has 3 heterocycles. The number of hydrogen-bond acceptors (Lipinski definition) is 6. The van der Waals surface area contributed by atoms with Crippen molar-refractivity contribution in [3.8, 4) is 5.75 Å². The second kappa shape index (κ2) is 9.97. The lowest BCUT2D eigenvalue weighted by molar-refractivity contribution is -0.136. The summed E-state index contributed by atoms with van der Waals surface area (Å²) in [5.41, 5.74) is 4.76. The van der Waals surface area contributed by atoms with E-state index in [4.69, 9.17) is 14.2 Å². The molecule has 180 valence electrons. The first-order valence-corrected chi connectivity index (χ1v) is 12.0. The van der Waals surface area contributed by atoms with E-state index in [1.165, 1.54) is 16.8 Å². The van der Waals surface area contributed by atoms with Crippen molar-refractivity contribution in [3.63, 3.8) is 0 Å². The average Bonchev–Trinajstić information content (AvgIpc) is 3.42. The van der Waals surface area contributed by atoms with Crippen LogP contribution < -0.4 is 9.64 Å². The van der Waals surface area contributed by atoms with Crippen molar-refractivity contribution in [1.82, 2.24) is 9.80 Å². The van der Waals surface area contributed by atoms with Gasteiger partial charge < -0.3 is 28.9 Å². The van der Waals surface area contributed by atoms with E-state index in [1.54, 1.807) is 13.4 Å². The lowest BCUT2D eigenvalue weighted by Gasteiger charge is -2.39. The number of likely N-dealkylation sites (N-methyl/N-ethyl adjacent to an activating group) is 1. The number of anilines is 1. The number of benzene rings is 2. The third kappa shape index (κ3) is 4.57. The van der Waals surface area contributed by atoms with Crippen LogP contribution in [0.2, 0.25) is 0 Å². The lowest BCUT2D eigenvalue weighted by atomic mass is 9.92. The maximum atomic E-state index is 13.9. The first kappa shape index (κ1) is 22.6. The molecule has 2 aromatic rings. The molecule has 1 amide bonds. The molecule has 1 fully saturated rings. The van der Waals surface area contributed by atoms with Crippen LogP contribution in [0.4, 0.5) is 5.69 Å². The lowest BCUT2D eigenvalue weighted by Crippen LogP contribution is -2.46. The van der Waals surface area contributed by atoms with E-state index in [0.29, 0.717) is 25.3 Å². The Morgan fingerprint density at radius 1 is 1.03 bits per heavy atom. The van der Waals surface area contributed by atoms with Gasteiger partial charge in [0.2, 0.25) is 12.7 Å². The highest BCUT2D eigenvalue weighted by molar-refractivity contribution is 5.82. The first-order valence-electron chi connectivity index (χ1n) is 12.0. The molecule has 2 aromatic carbocycles. The smallest absolute Gasteiger partial charge is 0.234 e. The molecular formula is C27H33N3O4. The molecule has 0 N–H and O–H groups in total. The van der Waals surface area contributed by atoms with Crippen LogP contribution in [-0.4, -0.2) is 69.4 Å². The third-order valence-corrected chi connectivity index (χ3v) is 7.14. The second-order valence-corrected chi connectivity index (χ2v) is 9.24. The highest BCUT2D eigenvalue weighted by Crippen LogP contribution is 2.37. The Morgan fingerprint density at radius 2 is 1.82 bits per heavy atom. The van der Waals surface area contributed by atoms with Crippen LogP contribution in [0.5, 0.6) is 5.75 Å². The van der Waals surface area contributed by atoms with Crippen molar-refractivity contribution in [2.75, 3.05) is 58.6 Å². The quantitative estimate of drug-likeness (QED) is 0.657. The summed E-state index contributed by atoms with van der Waals surface area (Å²) in [6.45, 7) is 5.44. The number of carbonyl (C=O) groups is 1. The Kier molecular flexibility index (Phi) is 6.63. The van der Waals surface area contributed by atoms with Gasteiger partial charge in [0.25, 0.3) is 0 Å². The summed E-state index contributed by atoms with van der Waals surface area (Å²) in [5.74, 6) is 1.21. The van der Waals surface area contributed by atoms with Gasteiger partial charge in [-0.3, -0.25) is 4.79 Å². The fourth-order valence-electron chi connectivity index (χ4n) is 5.16. The number of carbonyl (C=O) groups excluding carboxylic acids is 1. The van der Waals surface area contributed by atoms with Crippen LogP contribution in [0.3, 0.4) is 0 Å². The minimum atomic E-state index is -0.399. The molecule has 7 heteroatoms. The summed E-state index contributed by atoms with van der Waals surface area (Å²) in [6, 6.07) is 14.3. The van der Waals surface area contributed by atoms with Gasteiger partial charge in [0, 0.05) is 56.1 Å². The summed E-state index contributed by atoms with van der Waals surface area (Å²) in [6.07, 6.45) is 2.96. The zero-order valence-corrected chi connectivity index (χ0v) is 20.0. The minimum Gasteiger partial charge on any atom is -0.496 e. The molecule has 0 radical (unpaired) electrons. The van der Waals surface area contributed by atoms with Crippen LogP contribution in [-0.2, 0) is 33.7 Å². The molecule has 1 unspecified atom stereocenters. The predicted octanol–water partition coefficient (Wildman–Crippen LogP) is 3.04. The van der Waals surface area contributed by atoms with E-state index in [2.05, 4.69) is 41.1 Å². The van der Waals surface area contributed by atoms with Gasteiger partial charge in [-0.2, -0.15) is 0 Å². The van der Waals surface area contributed by atoms with Gasteiger partial charge in [-0.05, 0) is 37.6 Å². The molecule has 0 saturated carbocycles. The number of amides is 1. The van der Waals surface area contributed by atoms with Crippen molar-refractivity contribution in [3.05, 3.63) is 71.2 Å². The van der Waals surface area contributed by atoms with E-state index in [9.17, 15) is 4.79 Å². The zero-order chi connectivity index (χ0) is 23.5. The van der Waals surface area contributed by atoms with Gasteiger partial charge >= 0.3 is 0 Å². The topological polar surface area (TPSA) is 54.5 Å². The SMILES string of the molecule is COc1ccc(N2CCN(C)CC2)c2c1CCN(C(=O)C(Cc1ccccc1)C1=COCO1)C2. The fraction of sp³-hybridized carbons (Fsp3) is 0.444. The molecule has 3 aliphatic heterocycles. The van der Waals surface area contributed by atoms with Crippen LogP contribution in [0.15, 0.2) is 54.5 Å². The van der Waals surface area contributed by atoms with Crippen LogP contribution >= 0.6 is 0 Å². The van der Waals surface area contributed by atoms with Crippen LogP contribution in [0.1, 0.15) is 16.7 Å². The molecule has 0 spiro atoms. The molecule has 34 heavy (non-hydrogen) atoms. The molecule has 3 aliphatic rings. The normalized spacial score (nSPS) is 19.1. The average molecular weight is 464 g/mol. The monoisotopic (exact) mass is 463 g/mol. The molecule has 7 nitrogen and oxygen atoms in total. The molecule has 1 saturated heterocycles. The predicted molar refractivity (Wildman–Crippen MR) is 131 cm³/mol. The van der Waals surface area contributed by atoms with Crippen molar-refractivity contribution >= 4 is 11.6 Å². The number of methoxy groups -OCH3 is 1. The number of fused-ring (bicyclic) bond motifs is 1. The van der Waals surface area contributed by atoms with Crippen molar-refractivity contribution in [1.29, 1.82) is 0 Å². The first-order chi connectivity index (χ1) is 16.6. The largest absolute Gasteiger partial charge is 0.496 e. The van der Waals surface area contributed by atoms with Crippen molar-refractivity contribution in [2.24, 2.45) is 5.92 Å². The van der Waals surface area contributed by atoms with Gasteiger partial charge in [-0.1, -0.05) is 30.3 Å². The maximum Gasteiger partial charge on any atom is 0.234 e. The van der Waals surface area contributed by atoms with Gasteiger partial charge in [0.15, 0.2) is 0 Å². The summed E-state index contributed by atoms with van der Waals surface area (Å²) in [5, 5.41) is 0. The zero-order valence-electron chi connectivity index (χ0n) is 20.0. The third-order valence-electron chi connectivity index (χ3n) is 7.14. The molecular weight excluding hydrogens is 430 g/mol. The van der Waals surface area contributed by atoms with E-state index in [0.717, 1.165) is 43.9 Å². The van der Waals surface area contributed by atoms with Gasteiger partial charge in [0.1, 0.15) is 23.7 Å². The summed E-state index contributed by atoms with van der Waals surface area (Å²) < 4.78 is 16.7. The number of rotatable bonds is 6. The van der Waals surface area contributed by atoms with Crippen LogP contribution in [0, 0.1) is 5.92 Å². The minimum absolute atomic E-state index is 0.0819. The van der Waals surface area contributed by atoms with E-state index in [1.807, 2.05) is 23.1 Å². The van der Waals surface area contributed by atoms with E-state index in [-0.39, 0.29) is 12.7 Å². The number of piperazine rings is 1. The number of nitrogens with zero attached hydrogens (tertiary/aromatic N) is 3. The Morgan fingerprint density at radius 3 is 2.53 bits per heavy atom. The van der Waals surface area contributed by atoms with Crippen molar-refractivity contribution in [2.45, 2.75) is 19.4 Å². The highest BCUT2D eigenvalue weighted by Gasteiger charge is 2.35. The second-order valence-electron chi connectivity index (χ2n) is 9.24. The van der Waals surface area contributed by atoms with E-state index >= 15 is 0 Å². The Hall–Kier alpha value is -3.19. The van der Waals surface area contributed by atoms with Crippen LogP contribution in [0.25, 0.3) is 0 Å². The van der Waals surface area contributed by atoms with Crippen molar-refractivity contribution < 1.29 is 19.0 Å². The summed E-state index contributed by atoms with van der Waals surface area (Å²) in [7, 11) is 3.89. The number of ether oxygens (including phenoxy) is 3. The molecule has 1 atom stereocenters. The fourth-order valence-corrected chi connectivity index (χ4v) is 5.16. The molecule has 0 bridgehead atoms. The van der Waals surface area contributed by atoms with Gasteiger partial charge in [0.05, 0.1) is 7.11 Å². The molecule has 0 aliphatic carbocycles. The summed E-state index contributed by atoms with van der Waals surface area (Å²) >= 11 is 0. The maximum absolute atomic E-state index is 13.9. The Bertz CT molecular complexity index is 1050. The van der Waals surface area contributed by atoms with Gasteiger partial charge in [-0.25, -0.2) is 0 Å². The standard InChI is InChI=1S/C27H33N3O4/c1-28-12-14-29(15-13-28)24-8-9-25(32-2)21-10-11-30(17-23(21)24)27(31)22(26-18-33-19-34-26)16-20-6-4-3-5-7-20/h3-9,18,22H,10-17,19H2,1-2H3. The molecule has 5 rings (SSSR count). The summed E-state index contributed by atoms with van der Waals surface area (Å²) in [4.78, 5) is 20.7. The Labute approximate surface area is 201 Å². The van der Waals surface area contributed by atoms with E-state index < -0.39 is 5.92 Å². The Balaban J connectivity index is 1.42. The highest BCUT2D eigenvalue weighted by atomic mass is 16.7.